The molecule has 2 saturated heterocycles. The van der Waals surface area contributed by atoms with E-state index in [1.807, 2.05) is 51.2 Å². The lowest BCUT2D eigenvalue weighted by atomic mass is 9.78. The molecule has 0 aromatic heterocycles. The van der Waals surface area contributed by atoms with E-state index in [0.29, 0.717) is 57.8 Å². The summed E-state index contributed by atoms with van der Waals surface area (Å²) in [6, 6.07) is -1.16. The highest BCUT2D eigenvalue weighted by Gasteiger charge is 2.53. The Hall–Kier alpha value is -3.37. The number of ketones is 3. The van der Waals surface area contributed by atoms with Crippen molar-refractivity contribution >= 4 is 29.2 Å². The van der Waals surface area contributed by atoms with E-state index in [4.69, 9.17) is 14.2 Å². The Morgan fingerprint density at radius 2 is 1.56 bits per heavy atom. The topological polar surface area (TPSA) is 217 Å². The van der Waals surface area contributed by atoms with Gasteiger partial charge in [-0.05, 0) is 101 Å². The maximum Gasteiger partial charge on any atom is 0.329 e. The molecule has 15 atom stereocenters. The zero-order chi connectivity index (χ0) is 46.1. The number of cyclic esters (lactones) is 1. The second-order valence-corrected chi connectivity index (χ2v) is 18.8. The van der Waals surface area contributed by atoms with E-state index < -0.39 is 102 Å². The number of carbonyl (C=O) groups is 5. The summed E-state index contributed by atoms with van der Waals surface area (Å²) in [5.41, 5.74) is 1.08. The third kappa shape index (κ3) is 13.1. The molecule has 1 saturated carbocycles. The van der Waals surface area contributed by atoms with Crippen molar-refractivity contribution in [3.63, 3.8) is 0 Å². The average molecular weight is 872 g/mol. The summed E-state index contributed by atoms with van der Waals surface area (Å²) in [7, 11) is 1.56. The Morgan fingerprint density at radius 1 is 0.855 bits per heavy atom. The maximum absolute atomic E-state index is 14.1. The molecule has 14 heteroatoms. The van der Waals surface area contributed by atoms with Gasteiger partial charge in [0.25, 0.3) is 11.7 Å². The summed E-state index contributed by atoms with van der Waals surface area (Å²) in [5, 5.41) is 54.3. The van der Waals surface area contributed by atoms with Crippen LogP contribution in [0.4, 0.5) is 0 Å². The van der Waals surface area contributed by atoms with Crippen LogP contribution in [0.5, 0.6) is 0 Å². The molecule has 0 spiro atoms. The van der Waals surface area contributed by atoms with Crippen LogP contribution in [0.1, 0.15) is 119 Å². The molecular weight excluding hydrogens is 799 g/mol. The summed E-state index contributed by atoms with van der Waals surface area (Å²) in [6.07, 6.45) is 7.58. The monoisotopic (exact) mass is 872 g/mol. The summed E-state index contributed by atoms with van der Waals surface area (Å²) in [6.45, 7) is 12.2. The van der Waals surface area contributed by atoms with Crippen LogP contribution in [0.15, 0.2) is 47.6 Å². The zero-order valence-electron chi connectivity index (χ0n) is 38.0. The van der Waals surface area contributed by atoms with Gasteiger partial charge in [0.15, 0.2) is 5.78 Å². The van der Waals surface area contributed by atoms with Crippen LogP contribution < -0.4 is 0 Å². The number of esters is 1. The molecule has 4 rings (SSSR count). The van der Waals surface area contributed by atoms with Crippen molar-refractivity contribution in [1.82, 2.24) is 4.90 Å². The number of allylic oxidation sites excluding steroid dienone is 6. The Bertz CT molecular complexity index is 1700. The van der Waals surface area contributed by atoms with Crippen molar-refractivity contribution in [3.8, 4) is 0 Å². The number of fused-ring (bicyclic) bond motifs is 3. The summed E-state index contributed by atoms with van der Waals surface area (Å²) < 4.78 is 18.0. The number of rotatable bonds is 4. The maximum atomic E-state index is 14.1. The van der Waals surface area contributed by atoms with Gasteiger partial charge in [-0.15, -0.1) is 0 Å². The van der Waals surface area contributed by atoms with Gasteiger partial charge < -0.3 is 44.6 Å². The third-order valence-electron chi connectivity index (χ3n) is 13.7. The highest BCUT2D eigenvalue weighted by atomic mass is 16.6. The van der Waals surface area contributed by atoms with Crippen molar-refractivity contribution in [2.45, 2.75) is 174 Å². The Kier molecular flexibility index (Phi) is 19.0. The molecule has 1 amide bonds. The lowest BCUT2D eigenvalue weighted by Gasteiger charge is -2.41. The number of hydrogen-bond donors (Lipinski definition) is 5. The predicted molar refractivity (Wildman–Crippen MR) is 231 cm³/mol. The average Bonchev–Trinajstić information content (AvgIpc) is 3.73. The largest absolute Gasteiger partial charge is 0.460 e. The molecule has 0 aromatic rings. The standard InChI is InChI=1S/C48H73NO13/c1-27-13-10-9-11-14-28(2)40(60-8)25-35-18-16-33(7)48(59,62-35)45(56)46(57)49-20-12-15-36(49)47(58)61-41(30(4)23-34-17-19-37(50)39(52)24-34)26-38(51)29(3)22-32(6)43(54)44(55)42(53)31(5)21-27/h9-11,13-14,22,27,29-31,33-37,39-41,43-44,50,52,54-55,59H,12,15-21,23-26H2,1-8H3/b11-9+,13-10+,28-14?,32-22+/t27-,29-,30-,31-,33-,34+,35+,36?,37-,39-,40+,41+,43-,44+,48-/m1/s1. The number of aliphatic hydroxyl groups excluding tert-OH is 4. The molecule has 3 heterocycles. The molecule has 348 valence electrons. The first-order chi connectivity index (χ1) is 29.2. The highest BCUT2D eigenvalue weighted by Crippen LogP contribution is 2.37. The number of amides is 1. The molecule has 0 aromatic carbocycles. The fourth-order valence-electron chi connectivity index (χ4n) is 9.49. The first-order valence-corrected chi connectivity index (χ1v) is 22.7. The summed E-state index contributed by atoms with van der Waals surface area (Å²) in [4.78, 5) is 70.4. The third-order valence-corrected chi connectivity index (χ3v) is 13.7. The number of aliphatic hydroxyl groups is 5. The van der Waals surface area contributed by atoms with Crippen LogP contribution in [-0.4, -0.2) is 128 Å². The van der Waals surface area contributed by atoms with Crippen LogP contribution in [0, 0.1) is 35.5 Å². The van der Waals surface area contributed by atoms with Crippen molar-refractivity contribution < 1.29 is 63.7 Å². The van der Waals surface area contributed by atoms with Gasteiger partial charge >= 0.3 is 5.97 Å². The second kappa shape index (κ2) is 23.0. The lowest BCUT2D eigenvalue weighted by Crippen LogP contribution is -2.59. The lowest BCUT2D eigenvalue weighted by molar-refractivity contribution is -0.265. The highest BCUT2D eigenvalue weighted by molar-refractivity contribution is 6.39. The number of hydrogen-bond acceptors (Lipinski definition) is 13. The van der Waals surface area contributed by atoms with Gasteiger partial charge in [0.05, 0.1) is 24.4 Å². The zero-order valence-corrected chi connectivity index (χ0v) is 38.0. The van der Waals surface area contributed by atoms with Crippen LogP contribution in [0.25, 0.3) is 0 Å². The van der Waals surface area contributed by atoms with Crippen LogP contribution in [0.3, 0.4) is 0 Å². The van der Waals surface area contributed by atoms with E-state index in [1.165, 1.54) is 13.0 Å². The molecular formula is C48H73NO13. The van der Waals surface area contributed by atoms with Gasteiger partial charge in [-0.3, -0.25) is 19.2 Å². The Labute approximate surface area is 367 Å². The molecule has 14 nitrogen and oxygen atoms in total. The number of Topliss-reactive ketones (excluding diaryl/α,β-unsaturated/α-hetero) is 3. The van der Waals surface area contributed by atoms with E-state index in [2.05, 4.69) is 0 Å². The van der Waals surface area contributed by atoms with Crippen molar-refractivity contribution in [2.24, 2.45) is 35.5 Å². The van der Waals surface area contributed by atoms with E-state index >= 15 is 0 Å². The molecule has 3 aliphatic heterocycles. The van der Waals surface area contributed by atoms with Crippen LogP contribution in [-0.2, 0) is 38.2 Å². The molecule has 2 bridgehead atoms. The van der Waals surface area contributed by atoms with E-state index in [9.17, 15) is 49.5 Å². The number of nitrogens with zero attached hydrogens (tertiary/aromatic N) is 1. The fraction of sp³-hybridized carbons (Fsp3) is 0.729. The summed E-state index contributed by atoms with van der Waals surface area (Å²) >= 11 is 0. The fourth-order valence-corrected chi connectivity index (χ4v) is 9.49. The molecule has 3 fully saturated rings. The molecule has 1 aliphatic carbocycles. The van der Waals surface area contributed by atoms with Crippen molar-refractivity contribution in [3.05, 3.63) is 47.6 Å². The number of methoxy groups -OCH3 is 1. The van der Waals surface area contributed by atoms with Gasteiger partial charge in [0, 0.05) is 44.2 Å². The minimum Gasteiger partial charge on any atom is -0.460 e. The first kappa shape index (κ1) is 51.3. The molecule has 62 heavy (non-hydrogen) atoms. The minimum atomic E-state index is -2.44. The quantitative estimate of drug-likeness (QED) is 0.150. The van der Waals surface area contributed by atoms with E-state index in [0.717, 1.165) is 10.5 Å². The summed E-state index contributed by atoms with van der Waals surface area (Å²) in [5.74, 6) is -8.92. The van der Waals surface area contributed by atoms with Gasteiger partial charge in [-0.2, -0.15) is 0 Å². The van der Waals surface area contributed by atoms with E-state index in [1.54, 1.807) is 27.9 Å². The Morgan fingerprint density at radius 3 is 2.24 bits per heavy atom. The van der Waals surface area contributed by atoms with Crippen LogP contribution >= 0.6 is 0 Å². The first-order valence-electron chi connectivity index (χ1n) is 22.7. The van der Waals surface area contributed by atoms with Crippen LogP contribution in [0.2, 0.25) is 0 Å². The smallest absolute Gasteiger partial charge is 0.329 e. The number of ether oxygens (including phenoxy) is 3. The van der Waals surface area contributed by atoms with Crippen molar-refractivity contribution in [1.29, 1.82) is 0 Å². The predicted octanol–water partition coefficient (Wildman–Crippen LogP) is 4.48. The molecule has 1 unspecified atom stereocenters. The van der Waals surface area contributed by atoms with Gasteiger partial charge in [0.1, 0.15) is 30.1 Å². The van der Waals surface area contributed by atoms with Gasteiger partial charge in [-0.1, -0.05) is 71.1 Å². The van der Waals surface area contributed by atoms with Gasteiger partial charge in [-0.25, -0.2) is 4.79 Å². The normalized spacial score (nSPS) is 40.8. The SMILES string of the molecule is CO[C@H]1C[C@@H]2CC[C@@H](C)[C@@](O)(O2)C(=O)C(=O)N2CCCC2C(=O)O[C@H]([C@H](C)C[C@@H]2CC[C@@H](O)[C@H](O)C2)CC(=O)[C@H](C)/C=C(\C)[C@@H](O)[C@@H](O)C(=O)[C@H](C)C[C@H](C)/C=C/C=C/C=C1C. The number of carbonyl (C=O) groups excluding carboxylic acids is 5. The van der Waals surface area contributed by atoms with E-state index in [-0.39, 0.29) is 42.6 Å². The minimum absolute atomic E-state index is 0.0258. The second-order valence-electron chi connectivity index (χ2n) is 18.8. The molecule has 5 N–H and O–H groups in total. The van der Waals surface area contributed by atoms with Gasteiger partial charge in [0.2, 0.25) is 5.79 Å². The molecule has 4 aliphatic rings. The molecule has 0 radical (unpaired) electrons. The van der Waals surface area contributed by atoms with Crippen molar-refractivity contribution in [2.75, 3.05) is 13.7 Å². The Balaban J connectivity index is 1.66.